The summed E-state index contributed by atoms with van der Waals surface area (Å²) in [5.41, 5.74) is 3.21. The minimum absolute atomic E-state index is 0.0650. The number of carbonyl (C=O) groups excluding carboxylic acids is 3. The molecule has 8 nitrogen and oxygen atoms in total. The van der Waals surface area contributed by atoms with Crippen LogP contribution in [0.4, 0.5) is 4.79 Å². The van der Waals surface area contributed by atoms with Crippen LogP contribution in [0.1, 0.15) is 69.3 Å². The predicted octanol–water partition coefficient (Wildman–Crippen LogP) is 5.74. The van der Waals surface area contributed by atoms with E-state index < -0.39 is 36.0 Å². The Morgan fingerprint density at radius 2 is 1.62 bits per heavy atom. The van der Waals surface area contributed by atoms with E-state index in [1.54, 1.807) is 0 Å². The molecule has 3 amide bonds. The van der Waals surface area contributed by atoms with Crippen LogP contribution in [0.15, 0.2) is 66.7 Å². The van der Waals surface area contributed by atoms with Crippen molar-refractivity contribution < 1.29 is 24.3 Å². The molecule has 0 saturated carbocycles. The van der Waals surface area contributed by atoms with Gasteiger partial charge in [0.1, 0.15) is 0 Å². The second-order valence-corrected chi connectivity index (χ2v) is 10.5. The topological polar surface area (TPSA) is 125 Å². The Labute approximate surface area is 242 Å². The van der Waals surface area contributed by atoms with Gasteiger partial charge in [-0.15, -0.1) is 0 Å². The first-order valence-corrected chi connectivity index (χ1v) is 13.6. The quantitative estimate of drug-likeness (QED) is 0.227. The van der Waals surface area contributed by atoms with Crippen molar-refractivity contribution >= 4 is 46.9 Å². The van der Waals surface area contributed by atoms with E-state index in [1.165, 1.54) is 17.7 Å². The third kappa shape index (κ3) is 7.00. The smallest absolute Gasteiger partial charge is 0.315 e. The molecule has 3 aromatic rings. The summed E-state index contributed by atoms with van der Waals surface area (Å²) in [5.74, 6) is -3.50. The van der Waals surface area contributed by atoms with Crippen molar-refractivity contribution in [3.05, 3.63) is 105 Å². The molecule has 3 aromatic carbocycles. The molecule has 0 unspecified atom stereocenters. The molecule has 10 heteroatoms. The van der Waals surface area contributed by atoms with E-state index in [4.69, 9.17) is 23.2 Å². The van der Waals surface area contributed by atoms with Gasteiger partial charge in [0.05, 0.1) is 33.6 Å². The second-order valence-electron chi connectivity index (χ2n) is 9.73. The normalized spacial score (nSPS) is 15.4. The molecule has 4 rings (SSSR count). The molecule has 0 bridgehead atoms. The second kappa shape index (κ2) is 13.0. The summed E-state index contributed by atoms with van der Waals surface area (Å²) in [6.45, 7) is 1.57. The lowest BCUT2D eigenvalue weighted by atomic mass is 9.97. The number of halogens is 2. The van der Waals surface area contributed by atoms with E-state index in [0.29, 0.717) is 0 Å². The third-order valence-corrected chi connectivity index (χ3v) is 7.55. The molecule has 40 heavy (non-hydrogen) atoms. The molecule has 0 radical (unpaired) electrons. The number of aryl methyl sites for hydroxylation is 1. The molecule has 208 valence electrons. The van der Waals surface area contributed by atoms with E-state index in [-0.39, 0.29) is 39.8 Å². The average Bonchev–Trinajstić information content (AvgIpc) is 3.33. The molecular formula is C30H29Cl2N3O5. The fourth-order valence-electron chi connectivity index (χ4n) is 4.78. The standard InChI is InChI=1S/C30H29Cl2N3O5/c1-17(18-7-3-2-4-8-18)34-28(37)20-13-23(31)27(24(32)14-20)26(36)15-21(29(38)39)16-33-30(40)35-25-12-11-19-9-5-6-10-22(19)25/h2-10,13-14,17,21,25H,11-12,15-16H2,1H3,(H,34,37)(H,38,39)(H2,33,35,40)/t17-,21-,25+/m0/s1. The minimum atomic E-state index is -1.25. The van der Waals surface area contributed by atoms with E-state index in [0.717, 1.165) is 24.0 Å². The molecule has 1 aliphatic rings. The SMILES string of the molecule is C[C@H](NC(=O)c1cc(Cl)c(C(=O)C[C@@H](CNC(=O)N[C@@H]2CCc3ccccc32)C(=O)O)c(Cl)c1)c1ccccc1. The lowest BCUT2D eigenvalue weighted by Gasteiger charge is -2.18. The number of hydrogen-bond donors (Lipinski definition) is 4. The molecule has 3 atom stereocenters. The van der Waals surface area contributed by atoms with Gasteiger partial charge in [-0.05, 0) is 48.6 Å². The number of amides is 3. The molecule has 1 aliphatic carbocycles. The van der Waals surface area contributed by atoms with Crippen LogP contribution < -0.4 is 16.0 Å². The van der Waals surface area contributed by atoms with Gasteiger partial charge in [-0.25, -0.2) is 4.79 Å². The van der Waals surface area contributed by atoms with Gasteiger partial charge in [0.25, 0.3) is 5.91 Å². The van der Waals surface area contributed by atoms with Crippen LogP contribution in [0, 0.1) is 5.92 Å². The van der Waals surface area contributed by atoms with Crippen LogP contribution in [-0.2, 0) is 11.2 Å². The van der Waals surface area contributed by atoms with Crippen LogP contribution >= 0.6 is 23.2 Å². The highest BCUT2D eigenvalue weighted by Gasteiger charge is 2.28. The van der Waals surface area contributed by atoms with E-state index >= 15 is 0 Å². The van der Waals surface area contributed by atoms with E-state index in [9.17, 15) is 24.3 Å². The summed E-state index contributed by atoms with van der Waals surface area (Å²) in [6, 6.07) is 18.9. The van der Waals surface area contributed by atoms with Crippen molar-refractivity contribution in [3.8, 4) is 0 Å². The Morgan fingerprint density at radius 1 is 0.975 bits per heavy atom. The van der Waals surface area contributed by atoms with Gasteiger partial charge in [-0.1, -0.05) is 77.8 Å². The number of hydrogen-bond acceptors (Lipinski definition) is 4. The molecule has 0 aromatic heterocycles. The lowest BCUT2D eigenvalue weighted by molar-refractivity contribution is -0.141. The highest BCUT2D eigenvalue weighted by atomic mass is 35.5. The van der Waals surface area contributed by atoms with Crippen molar-refractivity contribution in [2.24, 2.45) is 5.92 Å². The highest BCUT2D eigenvalue weighted by Crippen LogP contribution is 2.31. The van der Waals surface area contributed by atoms with Gasteiger partial charge in [-0.2, -0.15) is 0 Å². The molecule has 0 heterocycles. The maximum absolute atomic E-state index is 13.0. The Kier molecular flexibility index (Phi) is 9.45. The minimum Gasteiger partial charge on any atom is -0.481 e. The Bertz CT molecular complexity index is 1410. The van der Waals surface area contributed by atoms with Gasteiger partial charge >= 0.3 is 12.0 Å². The van der Waals surface area contributed by atoms with Crippen LogP contribution in [0.5, 0.6) is 0 Å². The summed E-state index contributed by atoms with van der Waals surface area (Å²) in [7, 11) is 0. The summed E-state index contributed by atoms with van der Waals surface area (Å²) in [5, 5.41) is 17.8. The number of ketones is 1. The number of carboxylic acids is 1. The number of carbonyl (C=O) groups is 4. The van der Waals surface area contributed by atoms with Gasteiger partial charge in [-0.3, -0.25) is 14.4 Å². The predicted molar refractivity (Wildman–Crippen MR) is 153 cm³/mol. The lowest BCUT2D eigenvalue weighted by Crippen LogP contribution is -2.41. The maximum Gasteiger partial charge on any atom is 0.315 e. The summed E-state index contributed by atoms with van der Waals surface area (Å²) in [4.78, 5) is 50.2. The van der Waals surface area contributed by atoms with Gasteiger partial charge < -0.3 is 21.1 Å². The van der Waals surface area contributed by atoms with E-state index in [2.05, 4.69) is 16.0 Å². The zero-order chi connectivity index (χ0) is 28.8. The zero-order valence-electron chi connectivity index (χ0n) is 21.7. The van der Waals surface area contributed by atoms with Crippen LogP contribution in [0.3, 0.4) is 0 Å². The molecule has 0 spiro atoms. The van der Waals surface area contributed by atoms with Gasteiger partial charge in [0.15, 0.2) is 5.78 Å². The highest BCUT2D eigenvalue weighted by molar-refractivity contribution is 6.40. The van der Waals surface area contributed by atoms with Crippen molar-refractivity contribution in [1.82, 2.24) is 16.0 Å². The molecule has 0 fully saturated rings. The zero-order valence-corrected chi connectivity index (χ0v) is 23.3. The summed E-state index contributed by atoms with van der Waals surface area (Å²) >= 11 is 12.7. The van der Waals surface area contributed by atoms with E-state index in [1.807, 2.05) is 61.5 Å². The van der Waals surface area contributed by atoms with Crippen molar-refractivity contribution in [1.29, 1.82) is 0 Å². The molecule has 4 N–H and O–H groups in total. The van der Waals surface area contributed by atoms with Crippen molar-refractivity contribution in [3.63, 3.8) is 0 Å². The fourth-order valence-corrected chi connectivity index (χ4v) is 5.48. The van der Waals surface area contributed by atoms with Crippen LogP contribution in [0.25, 0.3) is 0 Å². The first kappa shape index (κ1) is 29.1. The summed E-state index contributed by atoms with van der Waals surface area (Å²) in [6.07, 6.45) is 1.16. The Balaban J connectivity index is 1.36. The number of carboxylic acid groups (broad SMARTS) is 1. The van der Waals surface area contributed by atoms with Crippen LogP contribution in [-0.4, -0.2) is 35.3 Å². The Morgan fingerprint density at radius 3 is 2.30 bits per heavy atom. The van der Waals surface area contributed by atoms with Crippen LogP contribution in [0.2, 0.25) is 10.0 Å². The van der Waals surface area contributed by atoms with Crippen molar-refractivity contribution in [2.75, 3.05) is 6.54 Å². The van der Waals surface area contributed by atoms with Gasteiger partial charge in [0, 0.05) is 18.5 Å². The first-order chi connectivity index (χ1) is 19.1. The molecular weight excluding hydrogens is 553 g/mol. The number of Topliss-reactive ketones (excluding diaryl/α,β-unsaturated/α-hetero) is 1. The number of benzene rings is 3. The number of aliphatic carboxylic acids is 1. The Hall–Kier alpha value is -3.88. The van der Waals surface area contributed by atoms with Crippen molar-refractivity contribution in [2.45, 2.75) is 38.3 Å². The summed E-state index contributed by atoms with van der Waals surface area (Å²) < 4.78 is 0. The third-order valence-electron chi connectivity index (χ3n) is 6.96. The number of fused-ring (bicyclic) bond motifs is 1. The average molecular weight is 582 g/mol. The molecule has 0 saturated heterocycles. The number of urea groups is 1. The number of nitrogens with one attached hydrogen (secondary N) is 3. The fraction of sp³-hybridized carbons (Fsp3) is 0.267. The monoisotopic (exact) mass is 581 g/mol. The molecule has 0 aliphatic heterocycles. The number of rotatable bonds is 10. The maximum atomic E-state index is 13.0. The first-order valence-electron chi connectivity index (χ1n) is 12.9. The van der Waals surface area contributed by atoms with Gasteiger partial charge in [0.2, 0.25) is 0 Å². The largest absolute Gasteiger partial charge is 0.481 e.